The SMILES string of the molecule is Cc1ccc2c(c1)CN(c1oc(C=C3C=Nc4ncccc43)c(O)c1C(=O)O)CC2. The van der Waals surface area contributed by atoms with E-state index in [4.69, 9.17) is 4.42 Å². The summed E-state index contributed by atoms with van der Waals surface area (Å²) in [6.07, 6.45) is 5.66. The van der Waals surface area contributed by atoms with E-state index in [9.17, 15) is 15.0 Å². The number of aliphatic imine (C=N–C) groups is 1. The number of carboxylic acid groups (broad SMARTS) is 1. The molecule has 1 aromatic carbocycles. The molecular weight excluding hydrogens is 382 g/mol. The van der Waals surface area contributed by atoms with Crippen molar-refractivity contribution in [1.29, 1.82) is 0 Å². The van der Waals surface area contributed by atoms with Crippen molar-refractivity contribution in [1.82, 2.24) is 4.98 Å². The van der Waals surface area contributed by atoms with E-state index in [0.29, 0.717) is 24.5 Å². The van der Waals surface area contributed by atoms with Gasteiger partial charge in [0.05, 0.1) is 0 Å². The highest BCUT2D eigenvalue weighted by atomic mass is 16.4. The third-order valence-electron chi connectivity index (χ3n) is 5.48. The summed E-state index contributed by atoms with van der Waals surface area (Å²) in [5, 5.41) is 20.4. The third kappa shape index (κ3) is 2.95. The lowest BCUT2D eigenvalue weighted by atomic mass is 9.97. The molecular formula is C23H19N3O4. The first kappa shape index (κ1) is 18.2. The number of hydrogen-bond donors (Lipinski definition) is 2. The molecule has 150 valence electrons. The molecule has 0 atom stereocenters. The lowest BCUT2D eigenvalue weighted by Gasteiger charge is -2.29. The number of hydrogen-bond acceptors (Lipinski definition) is 6. The Hall–Kier alpha value is -3.87. The molecule has 0 bridgehead atoms. The molecule has 0 radical (unpaired) electrons. The number of carboxylic acids is 1. The van der Waals surface area contributed by atoms with Crippen LogP contribution in [0.2, 0.25) is 0 Å². The van der Waals surface area contributed by atoms with Crippen LogP contribution in [-0.2, 0) is 13.0 Å². The van der Waals surface area contributed by atoms with Crippen molar-refractivity contribution >= 4 is 35.5 Å². The van der Waals surface area contributed by atoms with E-state index in [2.05, 4.69) is 28.2 Å². The van der Waals surface area contributed by atoms with Gasteiger partial charge in [0, 0.05) is 36.6 Å². The van der Waals surface area contributed by atoms with Crippen LogP contribution < -0.4 is 4.90 Å². The number of furan rings is 1. The molecule has 7 nitrogen and oxygen atoms in total. The van der Waals surface area contributed by atoms with Gasteiger partial charge in [-0.05, 0) is 42.7 Å². The Morgan fingerprint density at radius 3 is 2.97 bits per heavy atom. The van der Waals surface area contributed by atoms with Gasteiger partial charge in [0.2, 0.25) is 5.88 Å². The Kier molecular flexibility index (Phi) is 4.17. The minimum Gasteiger partial charge on any atom is -0.504 e. The van der Waals surface area contributed by atoms with Gasteiger partial charge < -0.3 is 19.5 Å². The molecule has 0 saturated heterocycles. The predicted molar refractivity (Wildman–Crippen MR) is 114 cm³/mol. The number of benzene rings is 1. The fourth-order valence-corrected chi connectivity index (χ4v) is 3.98. The van der Waals surface area contributed by atoms with Crippen LogP contribution in [0.25, 0.3) is 11.6 Å². The summed E-state index contributed by atoms with van der Waals surface area (Å²) in [6.45, 7) is 3.16. The Balaban J connectivity index is 1.55. The number of carbonyl (C=O) groups is 1. The van der Waals surface area contributed by atoms with Crippen molar-refractivity contribution in [3.63, 3.8) is 0 Å². The van der Waals surface area contributed by atoms with Crippen molar-refractivity contribution in [2.45, 2.75) is 19.9 Å². The van der Waals surface area contributed by atoms with Gasteiger partial charge in [-0.2, -0.15) is 0 Å². The number of aryl methyl sites for hydroxylation is 1. The molecule has 2 aliphatic rings. The molecule has 0 amide bonds. The van der Waals surface area contributed by atoms with E-state index in [1.54, 1.807) is 24.6 Å². The van der Waals surface area contributed by atoms with E-state index in [1.807, 2.05) is 17.9 Å². The van der Waals surface area contributed by atoms with Crippen LogP contribution in [0.15, 0.2) is 45.9 Å². The smallest absolute Gasteiger partial charge is 0.345 e. The zero-order valence-corrected chi connectivity index (χ0v) is 16.3. The standard InChI is InChI=1S/C23H19N3O4/c1-13-4-5-14-6-8-26(12-16(14)9-13)22-19(23(28)29)20(27)18(30-22)10-15-11-25-21-17(15)3-2-7-24-21/h2-5,7,9-11,27H,6,8,12H2,1H3,(H,28,29). The number of anilines is 1. The first-order valence-electron chi connectivity index (χ1n) is 9.65. The molecule has 0 spiro atoms. The second kappa shape index (κ2) is 6.88. The van der Waals surface area contributed by atoms with Gasteiger partial charge in [0.1, 0.15) is 0 Å². The zero-order valence-electron chi connectivity index (χ0n) is 16.3. The molecule has 0 unspecified atom stereocenters. The van der Waals surface area contributed by atoms with Crippen molar-refractivity contribution < 1.29 is 19.4 Å². The summed E-state index contributed by atoms with van der Waals surface area (Å²) in [7, 11) is 0. The van der Waals surface area contributed by atoms with Crippen LogP contribution in [0.3, 0.4) is 0 Å². The monoisotopic (exact) mass is 401 g/mol. The van der Waals surface area contributed by atoms with Gasteiger partial charge in [-0.3, -0.25) is 0 Å². The molecule has 3 aromatic rings. The quantitative estimate of drug-likeness (QED) is 0.682. The Labute approximate surface area is 172 Å². The lowest BCUT2D eigenvalue weighted by Crippen LogP contribution is -2.31. The molecule has 0 fully saturated rings. The number of nitrogens with zero attached hydrogens (tertiary/aromatic N) is 3. The Morgan fingerprint density at radius 2 is 2.13 bits per heavy atom. The van der Waals surface area contributed by atoms with Gasteiger partial charge in [0.25, 0.3) is 0 Å². The number of aromatic nitrogens is 1. The van der Waals surface area contributed by atoms with E-state index >= 15 is 0 Å². The van der Waals surface area contributed by atoms with Crippen LogP contribution in [0.1, 0.15) is 38.4 Å². The fourth-order valence-electron chi connectivity index (χ4n) is 3.98. The lowest BCUT2D eigenvalue weighted by molar-refractivity contribution is 0.0694. The summed E-state index contributed by atoms with van der Waals surface area (Å²) in [6, 6.07) is 9.96. The van der Waals surface area contributed by atoms with Crippen LogP contribution in [-0.4, -0.2) is 33.9 Å². The van der Waals surface area contributed by atoms with Crippen molar-refractivity contribution in [2.75, 3.05) is 11.4 Å². The van der Waals surface area contributed by atoms with Crippen LogP contribution in [0.4, 0.5) is 11.7 Å². The van der Waals surface area contributed by atoms with Crippen LogP contribution in [0.5, 0.6) is 5.75 Å². The summed E-state index contributed by atoms with van der Waals surface area (Å²) in [5.74, 6) is -0.772. The largest absolute Gasteiger partial charge is 0.504 e. The number of aromatic carboxylic acids is 1. The minimum absolute atomic E-state index is 0.0931. The summed E-state index contributed by atoms with van der Waals surface area (Å²) >= 11 is 0. The first-order valence-corrected chi connectivity index (χ1v) is 9.65. The topological polar surface area (TPSA) is 99.2 Å². The maximum Gasteiger partial charge on any atom is 0.345 e. The van der Waals surface area contributed by atoms with Crippen molar-refractivity contribution in [3.05, 3.63) is 70.1 Å². The van der Waals surface area contributed by atoms with Crippen molar-refractivity contribution in [2.24, 2.45) is 4.99 Å². The number of allylic oxidation sites excluding steroid dienone is 1. The van der Waals surface area contributed by atoms with Crippen LogP contribution >= 0.6 is 0 Å². The maximum absolute atomic E-state index is 11.9. The molecule has 0 saturated carbocycles. The predicted octanol–water partition coefficient (Wildman–Crippen LogP) is 4.21. The van der Waals surface area contributed by atoms with E-state index in [0.717, 1.165) is 23.1 Å². The molecule has 0 aliphatic carbocycles. The van der Waals surface area contributed by atoms with Crippen LogP contribution in [0, 0.1) is 6.92 Å². The average molecular weight is 401 g/mol. The second-order valence-corrected chi connectivity index (χ2v) is 7.48. The second-order valence-electron chi connectivity index (χ2n) is 7.48. The molecule has 5 rings (SSSR count). The third-order valence-corrected chi connectivity index (χ3v) is 5.48. The maximum atomic E-state index is 11.9. The highest BCUT2D eigenvalue weighted by Gasteiger charge is 2.30. The first-order chi connectivity index (χ1) is 14.5. The summed E-state index contributed by atoms with van der Waals surface area (Å²) in [4.78, 5) is 22.2. The van der Waals surface area contributed by atoms with Crippen molar-refractivity contribution in [3.8, 4) is 5.75 Å². The summed E-state index contributed by atoms with van der Waals surface area (Å²) in [5.41, 5.74) is 4.81. The molecule has 4 heterocycles. The number of fused-ring (bicyclic) bond motifs is 2. The Bertz CT molecular complexity index is 1240. The Morgan fingerprint density at radius 1 is 1.27 bits per heavy atom. The number of rotatable bonds is 3. The van der Waals surface area contributed by atoms with Gasteiger partial charge in [-0.15, -0.1) is 0 Å². The van der Waals surface area contributed by atoms with Gasteiger partial charge >= 0.3 is 5.97 Å². The fraction of sp³-hybridized carbons (Fsp3) is 0.174. The normalized spacial score (nSPS) is 16.0. The van der Waals surface area contributed by atoms with Gasteiger partial charge in [-0.1, -0.05) is 23.8 Å². The molecule has 2 N–H and O–H groups in total. The highest BCUT2D eigenvalue weighted by Crippen LogP contribution is 2.40. The molecule has 2 aliphatic heterocycles. The number of aromatic hydroxyl groups is 1. The molecule has 30 heavy (non-hydrogen) atoms. The van der Waals surface area contributed by atoms with Gasteiger partial charge in [0.15, 0.2) is 22.9 Å². The zero-order chi connectivity index (χ0) is 20.8. The van der Waals surface area contributed by atoms with E-state index < -0.39 is 5.97 Å². The minimum atomic E-state index is -1.23. The summed E-state index contributed by atoms with van der Waals surface area (Å²) < 4.78 is 5.91. The average Bonchev–Trinajstić information content (AvgIpc) is 3.29. The van der Waals surface area contributed by atoms with E-state index in [-0.39, 0.29) is 23.0 Å². The highest BCUT2D eigenvalue weighted by molar-refractivity contribution is 6.21. The molecule has 7 heteroatoms. The number of pyridine rings is 1. The molecule has 2 aromatic heterocycles. The van der Waals surface area contributed by atoms with Gasteiger partial charge in [-0.25, -0.2) is 14.8 Å². The van der Waals surface area contributed by atoms with E-state index in [1.165, 1.54) is 5.56 Å².